The zero-order valence-corrected chi connectivity index (χ0v) is 17.0. The number of halogens is 2. The highest BCUT2D eigenvalue weighted by atomic mass is 35.5. The molecule has 0 saturated heterocycles. The second-order valence-electron chi connectivity index (χ2n) is 7.39. The Hall–Kier alpha value is -1.80. The van der Waals surface area contributed by atoms with Gasteiger partial charge in [-0.1, -0.05) is 74.5 Å². The van der Waals surface area contributed by atoms with Crippen molar-refractivity contribution < 1.29 is 9.13 Å². The molecule has 1 atom stereocenters. The molecule has 3 heteroatoms. The summed E-state index contributed by atoms with van der Waals surface area (Å²) in [6.45, 7) is 2.26. The van der Waals surface area contributed by atoms with Crippen LogP contribution in [0.3, 0.4) is 0 Å². The van der Waals surface area contributed by atoms with E-state index in [9.17, 15) is 4.39 Å². The van der Waals surface area contributed by atoms with Crippen LogP contribution in [-0.4, -0.2) is 7.11 Å². The highest BCUT2D eigenvalue weighted by Gasteiger charge is 2.16. The van der Waals surface area contributed by atoms with Gasteiger partial charge in [-0.25, -0.2) is 4.39 Å². The summed E-state index contributed by atoms with van der Waals surface area (Å²) in [6.07, 6.45) is 11.4. The first-order valence-electron chi connectivity index (χ1n) is 9.95. The quantitative estimate of drug-likeness (QED) is 0.439. The fourth-order valence-corrected chi connectivity index (χ4v) is 4.14. The molecule has 1 unspecified atom stereocenters. The van der Waals surface area contributed by atoms with Gasteiger partial charge in [-0.15, -0.1) is 0 Å². The predicted molar refractivity (Wildman–Crippen MR) is 113 cm³/mol. The van der Waals surface area contributed by atoms with Crippen molar-refractivity contribution in [2.24, 2.45) is 5.92 Å². The maximum absolute atomic E-state index is 14.2. The summed E-state index contributed by atoms with van der Waals surface area (Å²) in [5, 5.41) is 0.105. The number of allylic oxidation sites excluding steroid dienone is 2. The van der Waals surface area contributed by atoms with Crippen LogP contribution in [0.1, 0.15) is 57.4 Å². The van der Waals surface area contributed by atoms with Crippen molar-refractivity contribution in [3.05, 3.63) is 58.9 Å². The van der Waals surface area contributed by atoms with Crippen molar-refractivity contribution in [2.45, 2.75) is 51.9 Å². The van der Waals surface area contributed by atoms with Gasteiger partial charge in [0.15, 0.2) is 11.6 Å². The van der Waals surface area contributed by atoms with Gasteiger partial charge in [-0.3, -0.25) is 0 Å². The molecule has 0 aliphatic heterocycles. The molecule has 0 heterocycles. The van der Waals surface area contributed by atoms with Crippen LogP contribution in [0, 0.1) is 11.7 Å². The monoisotopic (exact) mass is 386 g/mol. The van der Waals surface area contributed by atoms with Gasteiger partial charge in [-0.05, 0) is 54.0 Å². The minimum atomic E-state index is -0.509. The molecule has 0 spiro atoms. The highest BCUT2D eigenvalue weighted by molar-refractivity contribution is 6.33. The molecule has 0 amide bonds. The van der Waals surface area contributed by atoms with Gasteiger partial charge < -0.3 is 4.74 Å². The van der Waals surface area contributed by atoms with Crippen molar-refractivity contribution in [1.29, 1.82) is 0 Å². The molecule has 27 heavy (non-hydrogen) atoms. The summed E-state index contributed by atoms with van der Waals surface area (Å²) >= 11 is 6.20. The van der Waals surface area contributed by atoms with Crippen LogP contribution in [0.4, 0.5) is 4.39 Å². The second kappa shape index (κ2) is 9.41. The third-order valence-electron chi connectivity index (χ3n) is 5.57. The molecule has 0 saturated carbocycles. The molecular formula is C24H28ClFO. The lowest BCUT2D eigenvalue weighted by molar-refractivity contribution is 0.387. The number of methoxy groups -OCH3 is 1. The molecule has 0 aromatic heterocycles. The van der Waals surface area contributed by atoms with Crippen LogP contribution in [0.2, 0.25) is 5.02 Å². The van der Waals surface area contributed by atoms with Crippen LogP contribution >= 0.6 is 11.6 Å². The molecule has 0 bridgehead atoms. The Morgan fingerprint density at radius 1 is 1.07 bits per heavy atom. The fraction of sp³-hybridized carbons (Fsp3) is 0.417. The first-order chi connectivity index (χ1) is 13.1. The van der Waals surface area contributed by atoms with E-state index in [2.05, 4.69) is 25.1 Å². The average Bonchev–Trinajstić information content (AvgIpc) is 2.71. The summed E-state index contributed by atoms with van der Waals surface area (Å²) in [5.74, 6) is 0.506. The lowest BCUT2D eigenvalue weighted by Gasteiger charge is -2.22. The maximum Gasteiger partial charge on any atom is 0.184 e. The topological polar surface area (TPSA) is 9.23 Å². The number of ether oxygens (including phenoxy) is 1. The van der Waals surface area contributed by atoms with E-state index >= 15 is 0 Å². The highest BCUT2D eigenvalue weighted by Crippen LogP contribution is 2.37. The van der Waals surface area contributed by atoms with Crippen LogP contribution in [0.5, 0.6) is 5.75 Å². The lowest BCUT2D eigenvalue weighted by Crippen LogP contribution is -2.05. The molecule has 1 nitrogen and oxygen atoms in total. The third kappa shape index (κ3) is 4.73. The predicted octanol–water partition coefficient (Wildman–Crippen LogP) is 7.92. The molecular weight excluding hydrogens is 359 g/mol. The van der Waals surface area contributed by atoms with Gasteiger partial charge in [0.1, 0.15) is 0 Å². The Bertz CT molecular complexity index is 795. The Kier molecular flexibility index (Phi) is 6.95. The van der Waals surface area contributed by atoms with Crippen molar-refractivity contribution in [1.82, 2.24) is 0 Å². The molecule has 1 aliphatic carbocycles. The van der Waals surface area contributed by atoms with Gasteiger partial charge in [0.25, 0.3) is 0 Å². The van der Waals surface area contributed by atoms with Crippen molar-refractivity contribution >= 4 is 17.2 Å². The van der Waals surface area contributed by atoms with E-state index in [1.807, 2.05) is 12.1 Å². The molecule has 3 rings (SSSR count). The van der Waals surface area contributed by atoms with E-state index in [-0.39, 0.29) is 10.8 Å². The largest absolute Gasteiger partial charge is 0.494 e. The normalized spacial score (nSPS) is 16.9. The number of hydrogen-bond donors (Lipinski definition) is 0. The fourth-order valence-electron chi connectivity index (χ4n) is 3.87. The Morgan fingerprint density at radius 2 is 1.81 bits per heavy atom. The molecule has 1 aliphatic rings. The van der Waals surface area contributed by atoms with Crippen molar-refractivity contribution in [3.63, 3.8) is 0 Å². The first-order valence-corrected chi connectivity index (χ1v) is 10.3. The molecule has 2 aromatic carbocycles. The van der Waals surface area contributed by atoms with Gasteiger partial charge in [0.2, 0.25) is 0 Å². The van der Waals surface area contributed by atoms with E-state index in [0.717, 1.165) is 17.9 Å². The van der Waals surface area contributed by atoms with Crippen LogP contribution < -0.4 is 4.74 Å². The van der Waals surface area contributed by atoms with E-state index in [4.69, 9.17) is 16.3 Å². The standard InChI is InChI=1S/C24H28ClFO/c1-3-4-5-6-17-7-9-18(10-8-17)19-11-13-20(14-12-19)21-15-16-22(27-2)24(26)23(21)25/h9,11-17H,3-8,10H2,1-2H3. The summed E-state index contributed by atoms with van der Waals surface area (Å²) < 4.78 is 19.2. The zero-order valence-electron chi connectivity index (χ0n) is 16.2. The van der Waals surface area contributed by atoms with Crippen LogP contribution in [-0.2, 0) is 0 Å². The van der Waals surface area contributed by atoms with Crippen LogP contribution in [0.25, 0.3) is 16.7 Å². The van der Waals surface area contributed by atoms with Crippen LogP contribution in [0.15, 0.2) is 42.5 Å². The van der Waals surface area contributed by atoms with Gasteiger partial charge in [-0.2, -0.15) is 0 Å². The average molecular weight is 387 g/mol. The number of benzene rings is 2. The van der Waals surface area contributed by atoms with Gasteiger partial charge in [0, 0.05) is 5.56 Å². The summed E-state index contributed by atoms with van der Waals surface area (Å²) in [4.78, 5) is 0. The van der Waals surface area contributed by atoms with Gasteiger partial charge >= 0.3 is 0 Å². The first kappa shape index (κ1) is 19.9. The third-order valence-corrected chi connectivity index (χ3v) is 5.94. The minimum Gasteiger partial charge on any atom is -0.494 e. The lowest BCUT2D eigenvalue weighted by atomic mass is 9.83. The Balaban J connectivity index is 1.70. The smallest absolute Gasteiger partial charge is 0.184 e. The summed E-state index contributed by atoms with van der Waals surface area (Å²) in [7, 11) is 1.44. The summed E-state index contributed by atoms with van der Waals surface area (Å²) in [6, 6.07) is 11.7. The minimum absolute atomic E-state index is 0.105. The summed E-state index contributed by atoms with van der Waals surface area (Å²) in [5.41, 5.74) is 4.30. The molecule has 2 aromatic rings. The molecule has 0 fully saturated rings. The number of rotatable bonds is 7. The van der Waals surface area contributed by atoms with Crippen molar-refractivity contribution in [2.75, 3.05) is 7.11 Å². The zero-order chi connectivity index (χ0) is 19.2. The van der Waals surface area contributed by atoms with Gasteiger partial charge in [0.05, 0.1) is 12.1 Å². The van der Waals surface area contributed by atoms with Crippen molar-refractivity contribution in [3.8, 4) is 16.9 Å². The number of hydrogen-bond acceptors (Lipinski definition) is 1. The second-order valence-corrected chi connectivity index (χ2v) is 7.76. The molecule has 0 radical (unpaired) electrons. The molecule has 144 valence electrons. The number of unbranched alkanes of at least 4 members (excludes halogenated alkanes) is 2. The maximum atomic E-state index is 14.2. The Labute approximate surface area is 167 Å². The molecule has 0 N–H and O–H groups in total. The van der Waals surface area contributed by atoms with E-state index in [1.54, 1.807) is 12.1 Å². The van der Waals surface area contributed by atoms with E-state index < -0.39 is 5.82 Å². The SMILES string of the molecule is CCCCCC1CC=C(c2ccc(-c3ccc(OC)c(F)c3Cl)cc2)CC1. The Morgan fingerprint density at radius 3 is 2.44 bits per heavy atom. The van der Waals surface area contributed by atoms with E-state index in [0.29, 0.717) is 5.56 Å². The van der Waals surface area contributed by atoms with E-state index in [1.165, 1.54) is 56.8 Å².